The van der Waals surface area contributed by atoms with Gasteiger partial charge in [0.05, 0.1) is 0 Å². The van der Waals surface area contributed by atoms with Crippen molar-refractivity contribution in [2.24, 2.45) is 13.0 Å². The topological polar surface area (TPSA) is 41.4 Å². The fourth-order valence-electron chi connectivity index (χ4n) is 4.70. The van der Waals surface area contributed by atoms with Gasteiger partial charge in [0.15, 0.2) is 0 Å². The van der Waals surface area contributed by atoms with Crippen LogP contribution in [0.2, 0.25) is 0 Å². The highest BCUT2D eigenvalue weighted by Gasteiger charge is 2.32. The van der Waals surface area contributed by atoms with Crippen LogP contribution in [-0.4, -0.2) is 51.7 Å². The standard InChI is InChI=1S/C26H31FN4O/c1-29-15-14-24(28-29)26(32)30(2)25(18-20-8-4-3-5-9-20)21-12-16-31(17-13-21)19-22-10-6-7-11-23(22)27/h3-11,14-15,21,25H,12-13,16-19H2,1-2H3. The lowest BCUT2D eigenvalue weighted by molar-refractivity contribution is 0.0578. The SMILES string of the molecule is CN(C(=O)c1ccn(C)n1)C(Cc1ccccc1)C1CCN(Cc2ccccc2F)CC1. The summed E-state index contributed by atoms with van der Waals surface area (Å²) < 4.78 is 15.7. The predicted octanol–water partition coefficient (Wildman–Crippen LogP) is 4.15. The fourth-order valence-corrected chi connectivity index (χ4v) is 4.70. The number of likely N-dealkylation sites (N-methyl/N-ethyl adjacent to an activating group) is 1. The van der Waals surface area contributed by atoms with Crippen molar-refractivity contribution < 1.29 is 9.18 Å². The summed E-state index contributed by atoms with van der Waals surface area (Å²) in [6, 6.07) is 19.2. The molecular formula is C26H31FN4O. The summed E-state index contributed by atoms with van der Waals surface area (Å²) in [6.45, 7) is 2.43. The average Bonchev–Trinajstić information content (AvgIpc) is 3.25. The number of benzene rings is 2. The summed E-state index contributed by atoms with van der Waals surface area (Å²) in [4.78, 5) is 17.4. The number of piperidine rings is 1. The second kappa shape index (κ2) is 10.1. The molecule has 1 aliphatic heterocycles. The number of nitrogens with zero attached hydrogens (tertiary/aromatic N) is 4. The third-order valence-electron chi connectivity index (χ3n) is 6.57. The van der Waals surface area contributed by atoms with E-state index in [1.54, 1.807) is 23.0 Å². The normalized spacial score (nSPS) is 16.1. The van der Waals surface area contributed by atoms with Crippen LogP contribution in [-0.2, 0) is 20.0 Å². The number of amides is 1. The molecule has 0 spiro atoms. The first-order valence-electron chi connectivity index (χ1n) is 11.3. The molecule has 1 aromatic heterocycles. The Balaban J connectivity index is 1.46. The third-order valence-corrected chi connectivity index (χ3v) is 6.57. The van der Waals surface area contributed by atoms with Crippen LogP contribution >= 0.6 is 0 Å². The number of halogens is 1. The zero-order valence-corrected chi connectivity index (χ0v) is 18.8. The van der Waals surface area contributed by atoms with Crippen LogP contribution in [0.5, 0.6) is 0 Å². The van der Waals surface area contributed by atoms with Crippen LogP contribution in [0.25, 0.3) is 0 Å². The summed E-state index contributed by atoms with van der Waals surface area (Å²) in [5, 5.41) is 4.32. The molecule has 4 rings (SSSR count). The van der Waals surface area contributed by atoms with Crippen molar-refractivity contribution >= 4 is 5.91 Å². The molecule has 5 nitrogen and oxygen atoms in total. The van der Waals surface area contributed by atoms with E-state index in [1.807, 2.05) is 49.3 Å². The van der Waals surface area contributed by atoms with Crippen molar-refractivity contribution in [1.82, 2.24) is 19.6 Å². The monoisotopic (exact) mass is 434 g/mol. The Bertz CT molecular complexity index is 1030. The van der Waals surface area contributed by atoms with Crippen LogP contribution in [0, 0.1) is 11.7 Å². The van der Waals surface area contributed by atoms with E-state index in [0.29, 0.717) is 18.2 Å². The molecule has 1 unspecified atom stereocenters. The van der Waals surface area contributed by atoms with E-state index in [0.717, 1.165) is 37.9 Å². The van der Waals surface area contributed by atoms with Crippen LogP contribution in [0.4, 0.5) is 4.39 Å². The van der Waals surface area contributed by atoms with Gasteiger partial charge in [-0.2, -0.15) is 5.10 Å². The molecule has 6 heteroatoms. The second-order valence-electron chi connectivity index (χ2n) is 8.75. The molecule has 2 heterocycles. The number of hydrogen-bond acceptors (Lipinski definition) is 3. The highest BCUT2D eigenvalue weighted by atomic mass is 19.1. The van der Waals surface area contributed by atoms with Crippen LogP contribution in [0.1, 0.15) is 34.5 Å². The van der Waals surface area contributed by atoms with E-state index < -0.39 is 0 Å². The average molecular weight is 435 g/mol. The van der Waals surface area contributed by atoms with Crippen molar-refractivity contribution in [3.63, 3.8) is 0 Å². The number of aryl methyl sites for hydroxylation is 1. The molecule has 1 aliphatic rings. The Morgan fingerprint density at radius 1 is 1.09 bits per heavy atom. The molecule has 1 amide bonds. The van der Waals surface area contributed by atoms with Crippen molar-refractivity contribution in [1.29, 1.82) is 0 Å². The Morgan fingerprint density at radius 2 is 1.78 bits per heavy atom. The molecule has 0 radical (unpaired) electrons. The van der Waals surface area contributed by atoms with E-state index in [4.69, 9.17) is 0 Å². The van der Waals surface area contributed by atoms with Gasteiger partial charge < -0.3 is 4.90 Å². The lowest BCUT2D eigenvalue weighted by Gasteiger charge is -2.40. The first kappa shape index (κ1) is 22.2. The van der Waals surface area contributed by atoms with Crippen molar-refractivity contribution in [2.75, 3.05) is 20.1 Å². The smallest absolute Gasteiger partial charge is 0.274 e. The zero-order valence-electron chi connectivity index (χ0n) is 18.8. The molecule has 1 saturated heterocycles. The van der Waals surface area contributed by atoms with Gasteiger partial charge in [-0.1, -0.05) is 48.5 Å². The number of likely N-dealkylation sites (tertiary alicyclic amines) is 1. The maximum absolute atomic E-state index is 14.1. The minimum atomic E-state index is -0.141. The second-order valence-corrected chi connectivity index (χ2v) is 8.75. The lowest BCUT2D eigenvalue weighted by atomic mass is 9.84. The minimum Gasteiger partial charge on any atom is -0.337 e. The Labute approximate surface area is 189 Å². The quantitative estimate of drug-likeness (QED) is 0.561. The number of rotatable bonds is 7. The van der Waals surface area contributed by atoms with E-state index in [-0.39, 0.29) is 17.8 Å². The Kier molecular flexibility index (Phi) is 7.00. The highest BCUT2D eigenvalue weighted by Crippen LogP contribution is 2.28. The van der Waals surface area contributed by atoms with Gasteiger partial charge in [-0.05, 0) is 56.0 Å². The molecule has 32 heavy (non-hydrogen) atoms. The van der Waals surface area contributed by atoms with Gasteiger partial charge in [0.25, 0.3) is 5.91 Å². The van der Waals surface area contributed by atoms with Gasteiger partial charge in [0, 0.05) is 38.4 Å². The zero-order chi connectivity index (χ0) is 22.5. The predicted molar refractivity (Wildman–Crippen MR) is 124 cm³/mol. The number of hydrogen-bond donors (Lipinski definition) is 0. The Morgan fingerprint density at radius 3 is 2.44 bits per heavy atom. The Hall–Kier alpha value is -2.99. The molecule has 0 aliphatic carbocycles. The molecular weight excluding hydrogens is 403 g/mol. The maximum Gasteiger partial charge on any atom is 0.274 e. The summed E-state index contributed by atoms with van der Waals surface area (Å²) in [6.07, 6.45) is 4.57. The fraction of sp³-hybridized carbons (Fsp3) is 0.385. The van der Waals surface area contributed by atoms with E-state index in [9.17, 15) is 9.18 Å². The van der Waals surface area contributed by atoms with E-state index in [1.165, 1.54) is 11.6 Å². The molecule has 168 valence electrons. The molecule has 1 fully saturated rings. The number of carbonyl (C=O) groups is 1. The van der Waals surface area contributed by atoms with Gasteiger partial charge in [-0.3, -0.25) is 14.4 Å². The summed E-state index contributed by atoms with van der Waals surface area (Å²) in [5.74, 6) is 0.197. The summed E-state index contributed by atoms with van der Waals surface area (Å²) in [7, 11) is 3.72. The summed E-state index contributed by atoms with van der Waals surface area (Å²) >= 11 is 0. The van der Waals surface area contributed by atoms with E-state index >= 15 is 0 Å². The first-order valence-corrected chi connectivity index (χ1v) is 11.3. The van der Waals surface area contributed by atoms with Crippen LogP contribution in [0.3, 0.4) is 0 Å². The molecule has 2 aromatic carbocycles. The van der Waals surface area contributed by atoms with Crippen molar-refractivity contribution in [2.45, 2.75) is 31.8 Å². The molecule has 0 N–H and O–H groups in total. The van der Waals surface area contributed by atoms with Crippen molar-refractivity contribution in [3.8, 4) is 0 Å². The van der Waals surface area contributed by atoms with Gasteiger partial charge in [-0.25, -0.2) is 4.39 Å². The van der Waals surface area contributed by atoms with Gasteiger partial charge >= 0.3 is 0 Å². The van der Waals surface area contributed by atoms with Crippen LogP contribution in [0.15, 0.2) is 66.9 Å². The minimum absolute atomic E-state index is 0.0414. The van der Waals surface area contributed by atoms with Gasteiger partial charge in [-0.15, -0.1) is 0 Å². The van der Waals surface area contributed by atoms with E-state index in [2.05, 4.69) is 22.1 Å². The first-order chi connectivity index (χ1) is 15.5. The number of aromatic nitrogens is 2. The van der Waals surface area contributed by atoms with Crippen molar-refractivity contribution in [3.05, 3.63) is 89.5 Å². The molecule has 0 bridgehead atoms. The third kappa shape index (κ3) is 5.25. The highest BCUT2D eigenvalue weighted by molar-refractivity contribution is 5.92. The van der Waals surface area contributed by atoms with Gasteiger partial charge in [0.1, 0.15) is 11.5 Å². The molecule has 3 aromatic rings. The molecule has 1 atom stereocenters. The maximum atomic E-state index is 14.1. The van der Waals surface area contributed by atoms with Gasteiger partial charge in [0.2, 0.25) is 0 Å². The number of carbonyl (C=O) groups excluding carboxylic acids is 1. The lowest BCUT2D eigenvalue weighted by Crippen LogP contribution is -2.47. The summed E-state index contributed by atoms with van der Waals surface area (Å²) in [5.41, 5.74) is 2.45. The van der Waals surface area contributed by atoms with Crippen LogP contribution < -0.4 is 0 Å². The molecule has 0 saturated carbocycles. The largest absolute Gasteiger partial charge is 0.337 e.